The van der Waals surface area contributed by atoms with E-state index in [1.807, 2.05) is 0 Å². The number of sulfonamides is 2. The van der Waals surface area contributed by atoms with Gasteiger partial charge in [0.25, 0.3) is 0 Å². The van der Waals surface area contributed by atoms with Crippen molar-refractivity contribution in [3.8, 4) is 0 Å². The molecule has 0 bridgehead atoms. The van der Waals surface area contributed by atoms with E-state index in [4.69, 9.17) is 0 Å². The van der Waals surface area contributed by atoms with Gasteiger partial charge in [-0.3, -0.25) is 9.10 Å². The smallest absolute Gasteiger partial charge is 0.246 e. The molecule has 32 heavy (non-hydrogen) atoms. The third-order valence-corrected chi connectivity index (χ3v) is 8.31. The lowest BCUT2D eigenvalue weighted by Crippen LogP contribution is -2.56. The topological polar surface area (TPSA) is 95.1 Å². The second-order valence-electron chi connectivity index (χ2n) is 7.38. The van der Waals surface area contributed by atoms with E-state index in [2.05, 4.69) is 0 Å². The van der Waals surface area contributed by atoms with Gasteiger partial charge in [-0.05, 0) is 31.2 Å². The molecule has 3 rings (SSSR count). The molecule has 0 spiro atoms. The summed E-state index contributed by atoms with van der Waals surface area (Å²) in [5, 5.41) is 0. The van der Waals surface area contributed by atoms with Crippen LogP contribution in [-0.2, 0) is 24.8 Å². The normalized spacial score (nSPS) is 16.6. The summed E-state index contributed by atoms with van der Waals surface area (Å²) in [6.45, 7) is 1.55. The first kappa shape index (κ1) is 24.1. The number of nitrogens with zero attached hydrogens (tertiary/aromatic N) is 3. The van der Waals surface area contributed by atoms with Crippen LogP contribution in [0.2, 0.25) is 0 Å². The van der Waals surface area contributed by atoms with E-state index in [9.17, 15) is 30.4 Å². The Morgan fingerprint density at radius 3 is 2.06 bits per heavy atom. The van der Waals surface area contributed by atoms with Crippen LogP contribution in [0, 0.1) is 11.6 Å². The van der Waals surface area contributed by atoms with E-state index in [0.717, 1.165) is 22.7 Å². The third kappa shape index (κ3) is 4.92. The van der Waals surface area contributed by atoms with Crippen LogP contribution in [0.5, 0.6) is 0 Å². The highest BCUT2D eigenvalue weighted by atomic mass is 32.2. The Labute approximate surface area is 186 Å². The number of halogens is 2. The Kier molecular flexibility index (Phi) is 6.86. The number of hydrogen-bond acceptors (Lipinski definition) is 5. The number of piperazine rings is 1. The van der Waals surface area contributed by atoms with Crippen molar-refractivity contribution in [2.24, 2.45) is 0 Å². The second-order valence-corrected chi connectivity index (χ2v) is 11.2. The van der Waals surface area contributed by atoms with Crippen LogP contribution in [0.15, 0.2) is 53.4 Å². The molecular weight excluding hydrogens is 464 g/mol. The van der Waals surface area contributed by atoms with Gasteiger partial charge in [0.05, 0.1) is 16.8 Å². The minimum Gasteiger partial charge on any atom is -0.338 e. The van der Waals surface area contributed by atoms with Crippen molar-refractivity contribution in [2.45, 2.75) is 17.9 Å². The lowest BCUT2D eigenvalue weighted by molar-refractivity contribution is -0.133. The zero-order valence-electron chi connectivity index (χ0n) is 17.5. The summed E-state index contributed by atoms with van der Waals surface area (Å²) >= 11 is 0. The first-order chi connectivity index (χ1) is 14.9. The van der Waals surface area contributed by atoms with Crippen molar-refractivity contribution >= 4 is 31.6 Å². The Morgan fingerprint density at radius 1 is 0.938 bits per heavy atom. The molecule has 0 aromatic heterocycles. The Morgan fingerprint density at radius 2 is 1.53 bits per heavy atom. The highest BCUT2D eigenvalue weighted by molar-refractivity contribution is 7.92. The quantitative estimate of drug-likeness (QED) is 0.618. The summed E-state index contributed by atoms with van der Waals surface area (Å²) in [4.78, 5) is 14.5. The molecule has 0 aliphatic carbocycles. The molecule has 2 aromatic rings. The molecule has 0 radical (unpaired) electrons. The van der Waals surface area contributed by atoms with E-state index in [0.29, 0.717) is 6.07 Å². The fraction of sp³-hybridized carbons (Fsp3) is 0.350. The van der Waals surface area contributed by atoms with Crippen LogP contribution < -0.4 is 4.31 Å². The van der Waals surface area contributed by atoms with Crippen molar-refractivity contribution < 1.29 is 30.4 Å². The van der Waals surface area contributed by atoms with Crippen LogP contribution in [0.3, 0.4) is 0 Å². The molecule has 174 valence electrons. The van der Waals surface area contributed by atoms with Crippen molar-refractivity contribution in [3.05, 3.63) is 60.2 Å². The summed E-state index contributed by atoms with van der Waals surface area (Å²) in [6.07, 6.45) is 0.864. The largest absolute Gasteiger partial charge is 0.338 e. The predicted molar refractivity (Wildman–Crippen MR) is 115 cm³/mol. The third-order valence-electron chi connectivity index (χ3n) is 5.16. The standard InChI is InChI=1S/C20H23F2N3O5S2/c1-15(25(31(2,27)28)16-8-9-18(21)19(22)14-16)20(26)23-10-12-24(13-11-23)32(29,30)17-6-4-3-5-7-17/h3-9,14-15H,10-13H2,1-2H3/t15-/m0/s1. The van der Waals surface area contributed by atoms with E-state index in [1.165, 1.54) is 28.3 Å². The Bertz CT molecular complexity index is 1200. The molecule has 1 heterocycles. The number of rotatable bonds is 6. The van der Waals surface area contributed by atoms with Crippen molar-refractivity contribution in [3.63, 3.8) is 0 Å². The first-order valence-electron chi connectivity index (χ1n) is 9.71. The van der Waals surface area contributed by atoms with Crippen LogP contribution in [-0.4, -0.2) is 70.4 Å². The lowest BCUT2D eigenvalue weighted by Gasteiger charge is -2.37. The van der Waals surface area contributed by atoms with Gasteiger partial charge in [0, 0.05) is 32.2 Å². The molecule has 1 aliphatic rings. The molecule has 8 nitrogen and oxygen atoms in total. The van der Waals surface area contributed by atoms with E-state index < -0.39 is 43.6 Å². The van der Waals surface area contributed by atoms with E-state index >= 15 is 0 Å². The fourth-order valence-electron chi connectivity index (χ4n) is 3.58. The summed E-state index contributed by atoms with van der Waals surface area (Å²) in [5.74, 6) is -2.95. The van der Waals surface area contributed by atoms with Crippen LogP contribution in [0.1, 0.15) is 6.92 Å². The average molecular weight is 488 g/mol. The van der Waals surface area contributed by atoms with Gasteiger partial charge >= 0.3 is 0 Å². The molecule has 1 atom stereocenters. The summed E-state index contributed by atoms with van der Waals surface area (Å²) in [5.41, 5.74) is -0.183. The van der Waals surface area contributed by atoms with Gasteiger partial charge in [0.2, 0.25) is 26.0 Å². The number of benzene rings is 2. The van der Waals surface area contributed by atoms with Gasteiger partial charge in [-0.1, -0.05) is 18.2 Å². The molecule has 1 aliphatic heterocycles. The number of carbonyl (C=O) groups is 1. The molecule has 0 N–H and O–H groups in total. The van der Waals surface area contributed by atoms with Crippen LogP contribution in [0.25, 0.3) is 0 Å². The minimum absolute atomic E-state index is 0.0414. The SMILES string of the molecule is C[C@@H](C(=O)N1CCN(S(=O)(=O)c2ccccc2)CC1)N(c1ccc(F)c(F)c1)S(C)(=O)=O. The fourth-order valence-corrected chi connectivity index (χ4v) is 6.18. The summed E-state index contributed by atoms with van der Waals surface area (Å²) in [6, 6.07) is 9.25. The molecule has 1 amide bonds. The highest BCUT2D eigenvalue weighted by Gasteiger charge is 2.35. The number of anilines is 1. The maximum absolute atomic E-state index is 13.7. The number of hydrogen-bond donors (Lipinski definition) is 0. The minimum atomic E-state index is -4.01. The summed E-state index contributed by atoms with van der Waals surface area (Å²) < 4.78 is 79.2. The number of amides is 1. The predicted octanol–water partition coefficient (Wildman–Crippen LogP) is 1.65. The molecule has 1 saturated heterocycles. The summed E-state index contributed by atoms with van der Waals surface area (Å²) in [7, 11) is -7.72. The second kappa shape index (κ2) is 9.12. The van der Waals surface area contributed by atoms with E-state index in [-0.39, 0.29) is 36.8 Å². The highest BCUT2D eigenvalue weighted by Crippen LogP contribution is 2.25. The molecule has 1 fully saturated rings. The van der Waals surface area contributed by atoms with Crippen molar-refractivity contribution in [1.29, 1.82) is 0 Å². The van der Waals surface area contributed by atoms with E-state index in [1.54, 1.807) is 18.2 Å². The Balaban J connectivity index is 1.76. The van der Waals surface area contributed by atoms with Gasteiger partial charge in [-0.15, -0.1) is 0 Å². The van der Waals surface area contributed by atoms with Gasteiger partial charge < -0.3 is 4.90 Å². The van der Waals surface area contributed by atoms with Crippen LogP contribution >= 0.6 is 0 Å². The first-order valence-corrected chi connectivity index (χ1v) is 13.0. The maximum Gasteiger partial charge on any atom is 0.246 e. The monoisotopic (exact) mass is 487 g/mol. The zero-order valence-corrected chi connectivity index (χ0v) is 19.1. The molecule has 0 saturated carbocycles. The van der Waals surface area contributed by atoms with Gasteiger partial charge in [-0.25, -0.2) is 25.6 Å². The van der Waals surface area contributed by atoms with Crippen LogP contribution in [0.4, 0.5) is 14.5 Å². The molecule has 0 unspecified atom stereocenters. The Hall–Kier alpha value is -2.57. The zero-order chi connectivity index (χ0) is 23.7. The molecule has 2 aromatic carbocycles. The number of carbonyl (C=O) groups excluding carboxylic acids is 1. The molecule has 12 heteroatoms. The maximum atomic E-state index is 13.7. The molecular formula is C20H23F2N3O5S2. The van der Waals surface area contributed by atoms with Crippen molar-refractivity contribution in [2.75, 3.05) is 36.7 Å². The van der Waals surface area contributed by atoms with Gasteiger partial charge in [-0.2, -0.15) is 4.31 Å². The van der Waals surface area contributed by atoms with Crippen molar-refractivity contribution in [1.82, 2.24) is 9.21 Å². The van der Waals surface area contributed by atoms with Gasteiger partial charge in [0.15, 0.2) is 11.6 Å². The lowest BCUT2D eigenvalue weighted by atomic mass is 10.2. The van der Waals surface area contributed by atoms with Gasteiger partial charge in [0.1, 0.15) is 6.04 Å². The average Bonchev–Trinajstić information content (AvgIpc) is 2.75.